The van der Waals surface area contributed by atoms with E-state index in [4.69, 9.17) is 0 Å². The number of nitrogens with zero attached hydrogens (tertiary/aromatic N) is 2. The van der Waals surface area contributed by atoms with E-state index in [1.807, 2.05) is 18.5 Å². The minimum absolute atomic E-state index is 0.202. The Morgan fingerprint density at radius 1 is 1.37 bits per heavy atom. The van der Waals surface area contributed by atoms with Gasteiger partial charge in [0.15, 0.2) is 0 Å². The fraction of sp³-hybridized carbons (Fsp3) is 0.733. The average molecular weight is 263 g/mol. The summed E-state index contributed by atoms with van der Waals surface area (Å²) in [5.74, 6) is 0.816. The maximum atomic E-state index is 11.9. The zero-order valence-corrected chi connectivity index (χ0v) is 12.1. The fourth-order valence-electron chi connectivity index (χ4n) is 2.93. The van der Waals surface area contributed by atoms with Crippen LogP contribution in [0.4, 0.5) is 0 Å². The van der Waals surface area contributed by atoms with Crippen molar-refractivity contribution < 1.29 is 4.79 Å². The van der Waals surface area contributed by atoms with Crippen LogP contribution in [0.3, 0.4) is 0 Å². The SMILES string of the molecule is Cc1cc(C)n(CCNC(=O)CC2CCCCC2)n1. The minimum Gasteiger partial charge on any atom is -0.354 e. The maximum absolute atomic E-state index is 11.9. The summed E-state index contributed by atoms with van der Waals surface area (Å²) in [6.45, 7) is 5.47. The molecule has 0 spiro atoms. The maximum Gasteiger partial charge on any atom is 0.220 e. The van der Waals surface area contributed by atoms with Crippen molar-refractivity contribution in [1.82, 2.24) is 15.1 Å². The summed E-state index contributed by atoms with van der Waals surface area (Å²) < 4.78 is 1.95. The predicted molar refractivity (Wildman–Crippen MR) is 75.9 cm³/mol. The van der Waals surface area contributed by atoms with Gasteiger partial charge in [-0.2, -0.15) is 5.10 Å². The molecule has 1 aliphatic rings. The minimum atomic E-state index is 0.202. The normalized spacial score (nSPS) is 16.5. The van der Waals surface area contributed by atoms with Crippen LogP contribution >= 0.6 is 0 Å². The molecule has 1 fully saturated rings. The monoisotopic (exact) mass is 263 g/mol. The Morgan fingerprint density at radius 3 is 2.74 bits per heavy atom. The lowest BCUT2D eigenvalue weighted by atomic mass is 9.87. The van der Waals surface area contributed by atoms with Crippen molar-refractivity contribution in [3.63, 3.8) is 0 Å². The molecule has 106 valence electrons. The quantitative estimate of drug-likeness (QED) is 0.887. The Hall–Kier alpha value is -1.32. The second-order valence-electron chi connectivity index (χ2n) is 5.71. The van der Waals surface area contributed by atoms with Crippen LogP contribution in [0.5, 0.6) is 0 Å². The van der Waals surface area contributed by atoms with Crippen molar-refractivity contribution in [1.29, 1.82) is 0 Å². The van der Waals surface area contributed by atoms with E-state index in [0.717, 1.165) is 17.9 Å². The van der Waals surface area contributed by atoms with Crippen molar-refractivity contribution in [2.24, 2.45) is 5.92 Å². The van der Waals surface area contributed by atoms with E-state index in [1.54, 1.807) is 0 Å². The van der Waals surface area contributed by atoms with Gasteiger partial charge in [-0.3, -0.25) is 9.48 Å². The number of aromatic nitrogens is 2. The smallest absolute Gasteiger partial charge is 0.220 e. The van der Waals surface area contributed by atoms with Gasteiger partial charge < -0.3 is 5.32 Å². The van der Waals surface area contributed by atoms with E-state index in [2.05, 4.69) is 16.5 Å². The van der Waals surface area contributed by atoms with Gasteiger partial charge in [0.25, 0.3) is 0 Å². The summed E-state index contributed by atoms with van der Waals surface area (Å²) in [5, 5.41) is 7.40. The molecule has 1 aliphatic carbocycles. The van der Waals surface area contributed by atoms with E-state index in [-0.39, 0.29) is 5.91 Å². The molecule has 2 rings (SSSR count). The molecule has 0 aromatic carbocycles. The first-order chi connectivity index (χ1) is 9.15. The number of rotatable bonds is 5. The summed E-state index contributed by atoms with van der Waals surface area (Å²) in [6.07, 6.45) is 7.09. The first kappa shape index (κ1) is 14.1. The molecular formula is C15H25N3O. The van der Waals surface area contributed by atoms with E-state index < -0.39 is 0 Å². The van der Waals surface area contributed by atoms with Gasteiger partial charge in [0.1, 0.15) is 0 Å². The highest BCUT2D eigenvalue weighted by atomic mass is 16.1. The third-order valence-corrected chi connectivity index (χ3v) is 3.95. The van der Waals surface area contributed by atoms with E-state index in [0.29, 0.717) is 18.9 Å². The Morgan fingerprint density at radius 2 is 2.11 bits per heavy atom. The van der Waals surface area contributed by atoms with E-state index in [9.17, 15) is 4.79 Å². The summed E-state index contributed by atoms with van der Waals surface area (Å²) in [7, 11) is 0. The molecule has 19 heavy (non-hydrogen) atoms. The molecule has 0 unspecified atom stereocenters. The number of hydrogen-bond acceptors (Lipinski definition) is 2. The van der Waals surface area contributed by atoms with Crippen LogP contribution in [0.25, 0.3) is 0 Å². The first-order valence-electron chi connectivity index (χ1n) is 7.43. The Balaban J connectivity index is 1.67. The highest BCUT2D eigenvalue weighted by Gasteiger charge is 2.16. The molecule has 0 saturated heterocycles. The van der Waals surface area contributed by atoms with Crippen molar-refractivity contribution in [2.75, 3.05) is 6.54 Å². The van der Waals surface area contributed by atoms with Gasteiger partial charge in [-0.15, -0.1) is 0 Å². The van der Waals surface area contributed by atoms with Crippen molar-refractivity contribution in [3.05, 3.63) is 17.5 Å². The third kappa shape index (κ3) is 4.37. The van der Waals surface area contributed by atoms with Crippen LogP contribution in [-0.2, 0) is 11.3 Å². The molecule has 0 atom stereocenters. The summed E-state index contributed by atoms with van der Waals surface area (Å²) >= 11 is 0. The molecule has 1 aromatic heterocycles. The Kier molecular flexibility index (Phi) is 5.00. The number of hydrogen-bond donors (Lipinski definition) is 1. The molecule has 0 bridgehead atoms. The third-order valence-electron chi connectivity index (χ3n) is 3.95. The predicted octanol–water partition coefficient (Wildman–Crippen LogP) is 2.59. The summed E-state index contributed by atoms with van der Waals surface area (Å²) in [5.41, 5.74) is 2.19. The lowest BCUT2D eigenvalue weighted by molar-refractivity contribution is -0.122. The second kappa shape index (κ2) is 6.73. The van der Waals surface area contributed by atoms with Gasteiger partial charge in [-0.1, -0.05) is 19.3 Å². The Bertz CT molecular complexity index is 419. The lowest BCUT2D eigenvalue weighted by Crippen LogP contribution is -2.29. The van der Waals surface area contributed by atoms with Gasteiger partial charge in [0, 0.05) is 18.7 Å². The number of amides is 1. The highest BCUT2D eigenvalue weighted by molar-refractivity contribution is 5.76. The molecule has 1 heterocycles. The van der Waals surface area contributed by atoms with Crippen LogP contribution in [-0.4, -0.2) is 22.2 Å². The molecule has 1 amide bonds. The van der Waals surface area contributed by atoms with Crippen LogP contribution in [0.2, 0.25) is 0 Å². The van der Waals surface area contributed by atoms with Crippen LogP contribution in [0.15, 0.2) is 6.07 Å². The topological polar surface area (TPSA) is 46.9 Å². The molecule has 1 N–H and O–H groups in total. The average Bonchev–Trinajstić information content (AvgIpc) is 2.69. The first-order valence-corrected chi connectivity index (χ1v) is 7.43. The van der Waals surface area contributed by atoms with Crippen molar-refractivity contribution in [3.8, 4) is 0 Å². The van der Waals surface area contributed by atoms with Gasteiger partial charge in [0.2, 0.25) is 5.91 Å². The van der Waals surface area contributed by atoms with Crippen molar-refractivity contribution in [2.45, 2.75) is 58.9 Å². The van der Waals surface area contributed by atoms with Crippen LogP contribution in [0.1, 0.15) is 49.9 Å². The number of nitrogens with one attached hydrogen (secondary N) is 1. The van der Waals surface area contributed by atoms with Gasteiger partial charge in [-0.25, -0.2) is 0 Å². The van der Waals surface area contributed by atoms with Crippen LogP contribution in [0, 0.1) is 19.8 Å². The molecule has 0 aliphatic heterocycles. The highest BCUT2D eigenvalue weighted by Crippen LogP contribution is 2.25. The second-order valence-corrected chi connectivity index (χ2v) is 5.71. The van der Waals surface area contributed by atoms with Gasteiger partial charge in [-0.05, 0) is 38.7 Å². The summed E-state index contributed by atoms with van der Waals surface area (Å²) in [6, 6.07) is 2.06. The zero-order chi connectivity index (χ0) is 13.7. The Labute approximate surface area is 115 Å². The van der Waals surface area contributed by atoms with E-state index in [1.165, 1.54) is 32.1 Å². The fourth-order valence-corrected chi connectivity index (χ4v) is 2.93. The van der Waals surface area contributed by atoms with E-state index >= 15 is 0 Å². The van der Waals surface area contributed by atoms with Crippen LogP contribution < -0.4 is 5.32 Å². The molecule has 0 radical (unpaired) electrons. The molecule has 4 heteroatoms. The van der Waals surface area contributed by atoms with Gasteiger partial charge in [0.05, 0.1) is 12.2 Å². The van der Waals surface area contributed by atoms with Crippen molar-refractivity contribution >= 4 is 5.91 Å². The number of carbonyl (C=O) groups is 1. The summed E-state index contributed by atoms with van der Waals surface area (Å²) in [4.78, 5) is 11.9. The number of carbonyl (C=O) groups excluding carboxylic acids is 1. The molecule has 4 nitrogen and oxygen atoms in total. The number of aryl methyl sites for hydroxylation is 2. The van der Waals surface area contributed by atoms with Gasteiger partial charge >= 0.3 is 0 Å². The molecule has 1 aromatic rings. The standard InChI is InChI=1S/C15H25N3O/c1-12-10-13(2)18(17-12)9-8-16-15(19)11-14-6-4-3-5-7-14/h10,14H,3-9,11H2,1-2H3,(H,16,19). The zero-order valence-electron chi connectivity index (χ0n) is 12.1. The molecule has 1 saturated carbocycles. The largest absolute Gasteiger partial charge is 0.354 e. The lowest BCUT2D eigenvalue weighted by Gasteiger charge is -2.20. The molecular weight excluding hydrogens is 238 g/mol.